The molecule has 1 aliphatic rings. The van der Waals surface area contributed by atoms with Crippen LogP contribution in [0.15, 0.2) is 50.9 Å². The van der Waals surface area contributed by atoms with Crippen LogP contribution in [0.4, 0.5) is 10.5 Å². The summed E-state index contributed by atoms with van der Waals surface area (Å²) in [6.45, 7) is 6.84. The van der Waals surface area contributed by atoms with Gasteiger partial charge in [-0.2, -0.15) is 0 Å². The van der Waals surface area contributed by atoms with Crippen LogP contribution in [0.25, 0.3) is 6.08 Å². The van der Waals surface area contributed by atoms with Crippen LogP contribution >= 0.6 is 31.9 Å². The van der Waals surface area contributed by atoms with Crippen LogP contribution < -0.4 is 19.7 Å². The molecule has 32 heavy (non-hydrogen) atoms. The molecule has 2 aromatic carbocycles. The number of benzene rings is 2. The van der Waals surface area contributed by atoms with Crippen LogP contribution in [0.1, 0.15) is 26.3 Å². The Morgan fingerprint density at radius 1 is 1.06 bits per heavy atom. The molecule has 0 bridgehead atoms. The van der Waals surface area contributed by atoms with E-state index in [2.05, 4.69) is 37.2 Å². The standard InChI is InChI=1S/C23H22Br2N2O5/c1-4-31-17-7-5-16(6-8-17)27-22(29)18(21(28)26-23(27)30)10-14-9-15(24)11-19(25)20(14)32-12-13(2)3/h5-11,13H,4,12H2,1-3H3,(H,26,28,30)/b18-10+. The first kappa shape index (κ1) is 24.0. The van der Waals surface area contributed by atoms with Gasteiger partial charge in [0, 0.05) is 10.0 Å². The first-order chi connectivity index (χ1) is 15.2. The third kappa shape index (κ3) is 5.39. The summed E-state index contributed by atoms with van der Waals surface area (Å²) >= 11 is 6.90. The topological polar surface area (TPSA) is 84.9 Å². The number of halogens is 2. The molecule has 0 spiro atoms. The highest BCUT2D eigenvalue weighted by Crippen LogP contribution is 2.35. The number of imide groups is 2. The molecule has 0 aliphatic carbocycles. The van der Waals surface area contributed by atoms with Crippen LogP contribution in [0.5, 0.6) is 11.5 Å². The van der Waals surface area contributed by atoms with E-state index in [0.717, 1.165) is 9.37 Å². The lowest BCUT2D eigenvalue weighted by molar-refractivity contribution is -0.122. The van der Waals surface area contributed by atoms with Crippen molar-refractivity contribution in [2.75, 3.05) is 18.1 Å². The number of rotatable bonds is 7. The fraction of sp³-hybridized carbons (Fsp3) is 0.261. The Kier molecular flexibility index (Phi) is 7.73. The van der Waals surface area contributed by atoms with Gasteiger partial charge in [-0.1, -0.05) is 29.8 Å². The number of nitrogens with one attached hydrogen (secondary N) is 1. The van der Waals surface area contributed by atoms with E-state index in [9.17, 15) is 14.4 Å². The summed E-state index contributed by atoms with van der Waals surface area (Å²) in [5, 5.41) is 2.23. The molecule has 0 atom stereocenters. The Labute approximate surface area is 203 Å². The van der Waals surface area contributed by atoms with Gasteiger partial charge in [-0.05, 0) is 71.2 Å². The Morgan fingerprint density at radius 3 is 2.38 bits per heavy atom. The fourth-order valence-corrected chi connectivity index (χ4v) is 4.37. The molecule has 1 saturated heterocycles. The van der Waals surface area contributed by atoms with Gasteiger partial charge in [0.15, 0.2) is 0 Å². The zero-order chi connectivity index (χ0) is 23.4. The molecule has 1 aliphatic heterocycles. The minimum Gasteiger partial charge on any atom is -0.494 e. The molecular formula is C23H22Br2N2O5. The van der Waals surface area contributed by atoms with Crippen molar-refractivity contribution in [3.05, 3.63) is 56.5 Å². The molecule has 2 aromatic rings. The van der Waals surface area contributed by atoms with Crippen molar-refractivity contribution in [1.29, 1.82) is 0 Å². The lowest BCUT2D eigenvalue weighted by Gasteiger charge is -2.26. The SMILES string of the molecule is CCOc1ccc(N2C(=O)NC(=O)/C(=C\c3cc(Br)cc(Br)c3OCC(C)C)C2=O)cc1. The second-order valence-electron chi connectivity index (χ2n) is 7.40. The van der Waals surface area contributed by atoms with Crippen LogP contribution in [0.2, 0.25) is 0 Å². The summed E-state index contributed by atoms with van der Waals surface area (Å²) < 4.78 is 12.7. The van der Waals surface area contributed by atoms with Gasteiger partial charge in [-0.3, -0.25) is 14.9 Å². The predicted molar refractivity (Wildman–Crippen MR) is 129 cm³/mol. The largest absolute Gasteiger partial charge is 0.494 e. The van der Waals surface area contributed by atoms with E-state index >= 15 is 0 Å². The van der Waals surface area contributed by atoms with E-state index < -0.39 is 17.8 Å². The number of anilines is 1. The van der Waals surface area contributed by atoms with Gasteiger partial charge < -0.3 is 9.47 Å². The molecular weight excluding hydrogens is 544 g/mol. The fourth-order valence-electron chi connectivity index (χ4n) is 3.00. The monoisotopic (exact) mass is 564 g/mol. The summed E-state index contributed by atoms with van der Waals surface area (Å²) in [7, 11) is 0. The van der Waals surface area contributed by atoms with E-state index in [1.807, 2.05) is 26.8 Å². The second-order valence-corrected chi connectivity index (χ2v) is 9.17. The molecule has 168 valence electrons. The Bertz CT molecular complexity index is 1080. The van der Waals surface area contributed by atoms with Crippen LogP contribution in [0, 0.1) is 5.92 Å². The molecule has 7 nitrogen and oxygen atoms in total. The molecule has 0 aromatic heterocycles. The number of nitrogens with zero attached hydrogens (tertiary/aromatic N) is 1. The van der Waals surface area contributed by atoms with Gasteiger partial charge in [0.25, 0.3) is 11.8 Å². The number of amides is 4. The first-order valence-corrected chi connectivity index (χ1v) is 11.6. The maximum atomic E-state index is 13.2. The highest BCUT2D eigenvalue weighted by Gasteiger charge is 2.37. The molecule has 0 unspecified atom stereocenters. The lowest BCUT2D eigenvalue weighted by Crippen LogP contribution is -2.54. The molecule has 1 heterocycles. The average molecular weight is 566 g/mol. The van der Waals surface area contributed by atoms with Crippen molar-refractivity contribution in [2.45, 2.75) is 20.8 Å². The van der Waals surface area contributed by atoms with E-state index in [-0.39, 0.29) is 11.5 Å². The Morgan fingerprint density at radius 2 is 1.75 bits per heavy atom. The summed E-state index contributed by atoms with van der Waals surface area (Å²) in [6.07, 6.45) is 1.43. The minimum absolute atomic E-state index is 0.183. The van der Waals surface area contributed by atoms with Gasteiger partial charge in [0.1, 0.15) is 17.1 Å². The van der Waals surface area contributed by atoms with Crippen molar-refractivity contribution in [3.8, 4) is 11.5 Å². The maximum Gasteiger partial charge on any atom is 0.335 e. The lowest BCUT2D eigenvalue weighted by atomic mass is 10.1. The third-order valence-corrected chi connectivity index (χ3v) is 5.45. The van der Waals surface area contributed by atoms with Crippen molar-refractivity contribution >= 4 is 61.5 Å². The number of barbiturate groups is 1. The van der Waals surface area contributed by atoms with Gasteiger partial charge in [-0.15, -0.1) is 0 Å². The zero-order valence-corrected chi connectivity index (χ0v) is 20.9. The molecule has 1 fully saturated rings. The molecule has 0 radical (unpaired) electrons. The highest BCUT2D eigenvalue weighted by molar-refractivity contribution is 9.11. The number of carbonyl (C=O) groups excluding carboxylic acids is 3. The molecule has 1 N–H and O–H groups in total. The van der Waals surface area contributed by atoms with Crippen LogP contribution in [-0.2, 0) is 9.59 Å². The average Bonchev–Trinajstić information content (AvgIpc) is 2.71. The van der Waals surface area contributed by atoms with E-state index in [0.29, 0.717) is 40.4 Å². The minimum atomic E-state index is -0.812. The maximum absolute atomic E-state index is 13.2. The van der Waals surface area contributed by atoms with Crippen LogP contribution in [0.3, 0.4) is 0 Å². The number of urea groups is 1. The van der Waals surface area contributed by atoms with Crippen LogP contribution in [-0.4, -0.2) is 31.1 Å². The second kappa shape index (κ2) is 10.3. The summed E-state index contributed by atoms with van der Waals surface area (Å²) in [5.41, 5.74) is 0.658. The number of hydrogen-bond donors (Lipinski definition) is 1. The normalized spacial score (nSPS) is 15.4. The zero-order valence-electron chi connectivity index (χ0n) is 17.8. The van der Waals surface area contributed by atoms with Gasteiger partial charge >= 0.3 is 6.03 Å². The number of ether oxygens (including phenoxy) is 2. The predicted octanol–water partition coefficient (Wildman–Crippen LogP) is 5.31. The molecule has 3 rings (SSSR count). The van der Waals surface area contributed by atoms with Crippen molar-refractivity contribution in [2.24, 2.45) is 5.92 Å². The van der Waals surface area contributed by atoms with Crippen molar-refractivity contribution in [1.82, 2.24) is 5.32 Å². The summed E-state index contributed by atoms with van der Waals surface area (Å²) in [4.78, 5) is 39.1. The van der Waals surface area contributed by atoms with Gasteiger partial charge in [0.2, 0.25) is 0 Å². The van der Waals surface area contributed by atoms with Crippen molar-refractivity contribution in [3.63, 3.8) is 0 Å². The quantitative estimate of drug-likeness (QED) is 0.363. The molecule has 9 heteroatoms. The summed E-state index contributed by atoms with van der Waals surface area (Å²) in [5.74, 6) is -0.112. The molecule has 4 amide bonds. The highest BCUT2D eigenvalue weighted by atomic mass is 79.9. The summed E-state index contributed by atoms with van der Waals surface area (Å²) in [6, 6.07) is 9.23. The molecule has 0 saturated carbocycles. The first-order valence-electron chi connectivity index (χ1n) is 9.97. The Balaban J connectivity index is 2.01. The van der Waals surface area contributed by atoms with Gasteiger partial charge in [-0.25, -0.2) is 9.69 Å². The number of hydrogen-bond acceptors (Lipinski definition) is 5. The van der Waals surface area contributed by atoms with E-state index in [4.69, 9.17) is 9.47 Å². The van der Waals surface area contributed by atoms with E-state index in [1.165, 1.54) is 6.08 Å². The number of carbonyl (C=O) groups is 3. The van der Waals surface area contributed by atoms with Gasteiger partial charge in [0.05, 0.1) is 23.4 Å². The van der Waals surface area contributed by atoms with E-state index in [1.54, 1.807) is 30.3 Å². The third-order valence-electron chi connectivity index (χ3n) is 4.41. The Hall–Kier alpha value is -2.65. The smallest absolute Gasteiger partial charge is 0.335 e. The van der Waals surface area contributed by atoms with Crippen molar-refractivity contribution < 1.29 is 23.9 Å².